The quantitative estimate of drug-likeness (QED) is 0.782. The number of ether oxygens (including phenoxy) is 1. The smallest absolute Gasteiger partial charge is 0.320 e. The zero-order valence-electron chi connectivity index (χ0n) is 13.1. The molecule has 0 aliphatic heterocycles. The second-order valence-corrected chi connectivity index (χ2v) is 5.43. The summed E-state index contributed by atoms with van der Waals surface area (Å²) in [5.74, 6) is -0.0148. The number of aliphatic carboxylic acids is 1. The fourth-order valence-electron chi connectivity index (χ4n) is 2.55. The maximum Gasteiger partial charge on any atom is 0.320 e. The normalized spacial score (nSPS) is 12.3. The molecule has 0 spiro atoms. The molecular formula is C18H23NO3. The van der Waals surface area contributed by atoms with E-state index in [-0.39, 0.29) is 0 Å². The summed E-state index contributed by atoms with van der Waals surface area (Å²) in [5.41, 5.74) is 0.976. The van der Waals surface area contributed by atoms with E-state index in [4.69, 9.17) is 4.74 Å². The van der Waals surface area contributed by atoms with E-state index >= 15 is 0 Å². The molecule has 0 saturated heterocycles. The molecule has 0 heterocycles. The SMILES string of the molecule is CCCCC(NCc1cc2ccccc2cc1OC)C(=O)O. The minimum absolute atomic E-state index is 0.481. The summed E-state index contributed by atoms with van der Waals surface area (Å²) in [5, 5.41) is 14.7. The van der Waals surface area contributed by atoms with Crippen LogP contribution in [0.25, 0.3) is 10.8 Å². The first-order valence-corrected chi connectivity index (χ1v) is 7.67. The monoisotopic (exact) mass is 301 g/mol. The predicted octanol–water partition coefficient (Wildman–Crippen LogP) is 3.58. The molecule has 22 heavy (non-hydrogen) atoms. The number of fused-ring (bicyclic) bond motifs is 1. The molecule has 1 atom stereocenters. The maximum atomic E-state index is 11.3. The van der Waals surface area contributed by atoms with Gasteiger partial charge in [-0.3, -0.25) is 4.79 Å². The van der Waals surface area contributed by atoms with Gasteiger partial charge in [0.15, 0.2) is 0 Å². The van der Waals surface area contributed by atoms with Crippen LogP contribution in [0, 0.1) is 0 Å². The highest BCUT2D eigenvalue weighted by atomic mass is 16.5. The summed E-state index contributed by atoms with van der Waals surface area (Å²) in [6, 6.07) is 11.6. The largest absolute Gasteiger partial charge is 0.496 e. The molecule has 0 fully saturated rings. The van der Waals surface area contributed by atoms with Gasteiger partial charge < -0.3 is 15.2 Å². The Labute approximate surface area is 131 Å². The lowest BCUT2D eigenvalue weighted by atomic mass is 10.0. The number of benzene rings is 2. The van der Waals surface area contributed by atoms with E-state index < -0.39 is 12.0 Å². The molecule has 0 aromatic heterocycles. The average Bonchev–Trinajstić information content (AvgIpc) is 2.53. The summed E-state index contributed by atoms with van der Waals surface area (Å²) < 4.78 is 5.44. The van der Waals surface area contributed by atoms with Crippen LogP contribution in [0.3, 0.4) is 0 Å². The number of unbranched alkanes of at least 4 members (excludes halogenated alkanes) is 1. The van der Waals surface area contributed by atoms with Crippen molar-refractivity contribution < 1.29 is 14.6 Å². The van der Waals surface area contributed by atoms with E-state index in [2.05, 4.69) is 18.3 Å². The first-order valence-electron chi connectivity index (χ1n) is 7.67. The molecule has 0 bridgehead atoms. The third kappa shape index (κ3) is 3.98. The predicted molar refractivity (Wildman–Crippen MR) is 88.3 cm³/mol. The zero-order valence-corrected chi connectivity index (χ0v) is 13.1. The molecule has 0 radical (unpaired) electrons. The number of hydrogen-bond acceptors (Lipinski definition) is 3. The van der Waals surface area contributed by atoms with Gasteiger partial charge >= 0.3 is 5.97 Å². The van der Waals surface area contributed by atoms with Crippen LogP contribution in [0.1, 0.15) is 31.7 Å². The van der Waals surface area contributed by atoms with E-state index in [0.717, 1.165) is 34.9 Å². The third-order valence-corrected chi connectivity index (χ3v) is 3.83. The average molecular weight is 301 g/mol. The van der Waals surface area contributed by atoms with E-state index in [1.165, 1.54) is 0 Å². The summed E-state index contributed by atoms with van der Waals surface area (Å²) in [6.07, 6.45) is 2.53. The van der Waals surface area contributed by atoms with E-state index in [9.17, 15) is 9.90 Å². The molecule has 2 rings (SSSR count). The Balaban J connectivity index is 2.17. The Morgan fingerprint density at radius 1 is 1.27 bits per heavy atom. The van der Waals surface area contributed by atoms with Crippen LogP contribution in [0.2, 0.25) is 0 Å². The van der Waals surface area contributed by atoms with Crippen LogP contribution in [0.4, 0.5) is 0 Å². The molecule has 0 amide bonds. The van der Waals surface area contributed by atoms with Gasteiger partial charge in [0.05, 0.1) is 7.11 Å². The van der Waals surface area contributed by atoms with E-state index in [1.54, 1.807) is 7.11 Å². The van der Waals surface area contributed by atoms with Gasteiger partial charge in [0.25, 0.3) is 0 Å². The van der Waals surface area contributed by atoms with Crippen LogP contribution in [0.15, 0.2) is 36.4 Å². The standard InChI is InChI=1S/C18H23NO3/c1-3-4-9-16(18(20)21)19-12-15-10-13-7-5-6-8-14(13)11-17(15)22-2/h5-8,10-11,16,19H,3-4,9,12H2,1-2H3,(H,20,21). The second kappa shape index (κ2) is 7.80. The van der Waals surface area contributed by atoms with Crippen molar-refractivity contribution in [2.45, 2.75) is 38.8 Å². The number of rotatable bonds is 8. The summed E-state index contributed by atoms with van der Waals surface area (Å²) >= 11 is 0. The van der Waals surface area contributed by atoms with Crippen molar-refractivity contribution >= 4 is 16.7 Å². The summed E-state index contributed by atoms with van der Waals surface area (Å²) in [6.45, 7) is 2.54. The molecule has 4 nitrogen and oxygen atoms in total. The lowest BCUT2D eigenvalue weighted by molar-refractivity contribution is -0.139. The molecule has 1 unspecified atom stereocenters. The molecule has 4 heteroatoms. The molecule has 2 aromatic carbocycles. The first kappa shape index (κ1) is 16.3. The van der Waals surface area contributed by atoms with Gasteiger partial charge in [0.1, 0.15) is 11.8 Å². The molecule has 0 aliphatic carbocycles. The zero-order chi connectivity index (χ0) is 15.9. The number of carboxylic acid groups (broad SMARTS) is 1. The Hall–Kier alpha value is -2.07. The van der Waals surface area contributed by atoms with Crippen LogP contribution < -0.4 is 10.1 Å². The van der Waals surface area contributed by atoms with Crippen molar-refractivity contribution in [3.63, 3.8) is 0 Å². The van der Waals surface area contributed by atoms with Gasteiger partial charge in [0, 0.05) is 12.1 Å². The molecule has 2 aromatic rings. The van der Waals surface area contributed by atoms with Gasteiger partial charge in [-0.05, 0) is 29.3 Å². The Morgan fingerprint density at radius 2 is 1.95 bits per heavy atom. The highest BCUT2D eigenvalue weighted by Crippen LogP contribution is 2.26. The molecule has 0 saturated carbocycles. The summed E-state index contributed by atoms with van der Waals surface area (Å²) in [7, 11) is 1.64. The highest BCUT2D eigenvalue weighted by Gasteiger charge is 2.16. The fourth-order valence-corrected chi connectivity index (χ4v) is 2.55. The summed E-state index contributed by atoms with van der Waals surface area (Å²) in [4.78, 5) is 11.3. The maximum absolute atomic E-state index is 11.3. The fraction of sp³-hybridized carbons (Fsp3) is 0.389. The Bertz CT molecular complexity index is 639. The van der Waals surface area contributed by atoms with E-state index in [0.29, 0.717) is 13.0 Å². The number of methoxy groups -OCH3 is 1. The number of hydrogen-bond donors (Lipinski definition) is 2. The number of carbonyl (C=O) groups is 1. The lowest BCUT2D eigenvalue weighted by Gasteiger charge is -2.16. The Kier molecular flexibility index (Phi) is 5.78. The minimum Gasteiger partial charge on any atom is -0.496 e. The van der Waals surface area contributed by atoms with Crippen LogP contribution in [-0.4, -0.2) is 24.2 Å². The van der Waals surface area contributed by atoms with E-state index in [1.807, 2.05) is 30.3 Å². The topological polar surface area (TPSA) is 58.6 Å². The lowest BCUT2D eigenvalue weighted by Crippen LogP contribution is -2.36. The van der Waals surface area contributed by atoms with Crippen molar-refractivity contribution in [2.75, 3.05) is 7.11 Å². The van der Waals surface area contributed by atoms with Crippen LogP contribution in [0.5, 0.6) is 5.75 Å². The van der Waals surface area contributed by atoms with Gasteiger partial charge in [-0.15, -0.1) is 0 Å². The van der Waals surface area contributed by atoms with Crippen molar-refractivity contribution in [3.05, 3.63) is 42.0 Å². The second-order valence-electron chi connectivity index (χ2n) is 5.43. The molecular weight excluding hydrogens is 278 g/mol. The van der Waals surface area contributed by atoms with Gasteiger partial charge in [-0.2, -0.15) is 0 Å². The third-order valence-electron chi connectivity index (χ3n) is 3.83. The Morgan fingerprint density at radius 3 is 2.55 bits per heavy atom. The highest BCUT2D eigenvalue weighted by molar-refractivity contribution is 5.85. The minimum atomic E-state index is -0.798. The van der Waals surface area contributed by atoms with Crippen LogP contribution >= 0.6 is 0 Å². The van der Waals surface area contributed by atoms with Crippen molar-refractivity contribution in [1.29, 1.82) is 0 Å². The van der Waals surface area contributed by atoms with Gasteiger partial charge in [-0.25, -0.2) is 0 Å². The number of nitrogens with one attached hydrogen (secondary N) is 1. The van der Waals surface area contributed by atoms with Crippen LogP contribution in [-0.2, 0) is 11.3 Å². The van der Waals surface area contributed by atoms with Gasteiger partial charge in [-0.1, -0.05) is 44.0 Å². The van der Waals surface area contributed by atoms with Gasteiger partial charge in [0.2, 0.25) is 0 Å². The molecule has 0 aliphatic rings. The molecule has 118 valence electrons. The van der Waals surface area contributed by atoms with Crippen molar-refractivity contribution in [2.24, 2.45) is 0 Å². The van der Waals surface area contributed by atoms with Crippen molar-refractivity contribution in [3.8, 4) is 5.75 Å². The number of carboxylic acids is 1. The first-order chi connectivity index (χ1) is 10.7. The molecule has 2 N–H and O–H groups in total. The van der Waals surface area contributed by atoms with Crippen molar-refractivity contribution in [1.82, 2.24) is 5.32 Å².